The first-order chi connectivity index (χ1) is 9.63. The van der Waals surface area contributed by atoms with Crippen LogP contribution in [0, 0.1) is 19.8 Å². The van der Waals surface area contributed by atoms with E-state index in [4.69, 9.17) is 0 Å². The molecule has 0 unspecified atom stereocenters. The number of hydrogen-bond donors (Lipinski definition) is 1. The van der Waals surface area contributed by atoms with Crippen LogP contribution in [0.25, 0.3) is 0 Å². The second-order valence-corrected chi connectivity index (χ2v) is 5.96. The van der Waals surface area contributed by atoms with Gasteiger partial charge in [-0.3, -0.25) is 4.79 Å². The van der Waals surface area contributed by atoms with Gasteiger partial charge in [0.2, 0.25) is 11.9 Å². The van der Waals surface area contributed by atoms with Gasteiger partial charge in [0.15, 0.2) is 0 Å². The quantitative estimate of drug-likeness (QED) is 0.916. The maximum Gasteiger partial charge on any atom is 0.225 e. The number of hydrogen-bond acceptors (Lipinski definition) is 4. The average molecular weight is 274 g/mol. The van der Waals surface area contributed by atoms with E-state index >= 15 is 0 Å². The number of nitrogens with one attached hydrogen (secondary N) is 1. The molecule has 0 aromatic carbocycles. The highest BCUT2D eigenvalue weighted by Crippen LogP contribution is 2.33. The van der Waals surface area contributed by atoms with Crippen LogP contribution >= 0.6 is 0 Å². The van der Waals surface area contributed by atoms with E-state index in [1.54, 1.807) is 0 Å². The van der Waals surface area contributed by atoms with Gasteiger partial charge in [-0.2, -0.15) is 0 Å². The van der Waals surface area contributed by atoms with E-state index < -0.39 is 0 Å². The molecule has 1 amide bonds. The van der Waals surface area contributed by atoms with Crippen molar-refractivity contribution in [1.29, 1.82) is 0 Å². The molecule has 3 rings (SSSR count). The molecule has 1 aliphatic carbocycles. The Kier molecular flexibility index (Phi) is 3.59. The average Bonchev–Trinajstić information content (AvgIpc) is 3.04. The molecule has 1 saturated heterocycles. The van der Waals surface area contributed by atoms with Crippen molar-refractivity contribution in [1.82, 2.24) is 9.97 Å². The molecule has 5 nitrogen and oxygen atoms in total. The standard InChI is InChI=1S/C15H22N4O/c1-10-14(18-13(20)9-12-5-6-12)11(2)17-15(16-10)19-7-3-4-8-19/h12H,3-9H2,1-2H3,(H,18,20). The second kappa shape index (κ2) is 5.38. The van der Waals surface area contributed by atoms with E-state index in [2.05, 4.69) is 20.2 Å². The minimum atomic E-state index is 0.0937. The van der Waals surface area contributed by atoms with Crippen molar-refractivity contribution in [3.8, 4) is 0 Å². The van der Waals surface area contributed by atoms with Crippen LogP contribution in [0.3, 0.4) is 0 Å². The van der Waals surface area contributed by atoms with Crippen molar-refractivity contribution in [3.63, 3.8) is 0 Å². The fraction of sp³-hybridized carbons (Fsp3) is 0.667. The minimum Gasteiger partial charge on any atom is -0.341 e. The molecule has 0 bridgehead atoms. The summed E-state index contributed by atoms with van der Waals surface area (Å²) in [6, 6.07) is 0. The predicted molar refractivity (Wildman–Crippen MR) is 78.9 cm³/mol. The molecule has 1 aliphatic heterocycles. The van der Waals surface area contributed by atoms with Crippen molar-refractivity contribution >= 4 is 17.5 Å². The fourth-order valence-corrected chi connectivity index (χ4v) is 2.71. The summed E-state index contributed by atoms with van der Waals surface area (Å²) in [6.45, 7) is 5.96. The third-order valence-corrected chi connectivity index (χ3v) is 4.08. The van der Waals surface area contributed by atoms with Crippen LogP contribution in [0.4, 0.5) is 11.6 Å². The summed E-state index contributed by atoms with van der Waals surface area (Å²) in [5.74, 6) is 1.49. The predicted octanol–water partition coefficient (Wildman–Crippen LogP) is 2.43. The molecule has 0 spiro atoms. The minimum absolute atomic E-state index is 0.0937. The zero-order valence-electron chi connectivity index (χ0n) is 12.3. The third kappa shape index (κ3) is 2.92. The van der Waals surface area contributed by atoms with Crippen molar-refractivity contribution < 1.29 is 4.79 Å². The van der Waals surface area contributed by atoms with E-state index in [1.165, 1.54) is 25.7 Å². The van der Waals surface area contributed by atoms with Crippen LogP contribution in [0.5, 0.6) is 0 Å². The number of carbonyl (C=O) groups is 1. The number of nitrogens with zero attached hydrogens (tertiary/aromatic N) is 3. The fourth-order valence-electron chi connectivity index (χ4n) is 2.71. The highest BCUT2D eigenvalue weighted by atomic mass is 16.1. The topological polar surface area (TPSA) is 58.1 Å². The zero-order chi connectivity index (χ0) is 14.1. The number of amides is 1. The molecule has 1 saturated carbocycles. The van der Waals surface area contributed by atoms with Crippen LogP contribution in [0.1, 0.15) is 43.5 Å². The maximum absolute atomic E-state index is 11.9. The van der Waals surface area contributed by atoms with Gasteiger partial charge in [-0.25, -0.2) is 9.97 Å². The lowest BCUT2D eigenvalue weighted by Crippen LogP contribution is -2.22. The summed E-state index contributed by atoms with van der Waals surface area (Å²) in [5.41, 5.74) is 2.52. The molecular weight excluding hydrogens is 252 g/mol. The van der Waals surface area contributed by atoms with Gasteiger partial charge in [-0.1, -0.05) is 0 Å². The Morgan fingerprint density at radius 3 is 2.35 bits per heavy atom. The van der Waals surface area contributed by atoms with Crippen LogP contribution in [0.15, 0.2) is 0 Å². The van der Waals surface area contributed by atoms with Gasteiger partial charge in [0.25, 0.3) is 0 Å². The zero-order valence-corrected chi connectivity index (χ0v) is 12.3. The van der Waals surface area contributed by atoms with E-state index in [-0.39, 0.29) is 5.91 Å². The Morgan fingerprint density at radius 1 is 1.20 bits per heavy atom. The maximum atomic E-state index is 11.9. The molecule has 1 N–H and O–H groups in total. The van der Waals surface area contributed by atoms with E-state index in [9.17, 15) is 4.79 Å². The monoisotopic (exact) mass is 274 g/mol. The summed E-state index contributed by atoms with van der Waals surface area (Å²) in [5, 5.41) is 2.99. The summed E-state index contributed by atoms with van der Waals surface area (Å²) >= 11 is 0. The van der Waals surface area contributed by atoms with Crippen molar-refractivity contribution in [3.05, 3.63) is 11.4 Å². The normalized spacial score (nSPS) is 18.4. The Balaban J connectivity index is 1.75. The highest BCUT2D eigenvalue weighted by Gasteiger charge is 2.25. The van der Waals surface area contributed by atoms with E-state index in [0.29, 0.717) is 12.3 Å². The van der Waals surface area contributed by atoms with Crippen LogP contribution < -0.4 is 10.2 Å². The Labute approximate surface area is 119 Å². The number of carbonyl (C=O) groups excluding carboxylic acids is 1. The molecule has 0 radical (unpaired) electrons. The van der Waals surface area contributed by atoms with Gasteiger partial charge in [0, 0.05) is 19.5 Å². The molecule has 1 aromatic heterocycles. The number of aromatic nitrogens is 2. The van der Waals surface area contributed by atoms with Crippen LogP contribution in [-0.4, -0.2) is 29.0 Å². The first kappa shape index (κ1) is 13.3. The van der Waals surface area contributed by atoms with Crippen molar-refractivity contribution in [2.24, 2.45) is 5.92 Å². The second-order valence-electron chi connectivity index (χ2n) is 5.96. The Bertz CT molecular complexity index is 496. The van der Waals surface area contributed by atoms with Gasteiger partial charge < -0.3 is 10.2 Å². The number of anilines is 2. The molecule has 108 valence electrons. The number of rotatable bonds is 4. The SMILES string of the molecule is Cc1nc(N2CCCC2)nc(C)c1NC(=O)CC1CC1. The summed E-state index contributed by atoms with van der Waals surface area (Å²) in [7, 11) is 0. The summed E-state index contributed by atoms with van der Waals surface area (Å²) < 4.78 is 0. The van der Waals surface area contributed by atoms with Gasteiger partial charge in [-0.15, -0.1) is 0 Å². The van der Waals surface area contributed by atoms with Crippen LogP contribution in [-0.2, 0) is 4.79 Å². The lowest BCUT2D eigenvalue weighted by molar-refractivity contribution is -0.116. The molecule has 2 heterocycles. The Hall–Kier alpha value is -1.65. The smallest absolute Gasteiger partial charge is 0.225 e. The van der Waals surface area contributed by atoms with E-state index in [1.807, 2.05) is 13.8 Å². The lowest BCUT2D eigenvalue weighted by atomic mass is 10.2. The lowest BCUT2D eigenvalue weighted by Gasteiger charge is -2.18. The van der Waals surface area contributed by atoms with Crippen LogP contribution in [0.2, 0.25) is 0 Å². The van der Waals surface area contributed by atoms with E-state index in [0.717, 1.165) is 36.1 Å². The summed E-state index contributed by atoms with van der Waals surface area (Å²) in [4.78, 5) is 23.3. The van der Waals surface area contributed by atoms with Crippen molar-refractivity contribution in [2.45, 2.75) is 46.0 Å². The molecule has 2 aliphatic rings. The highest BCUT2D eigenvalue weighted by molar-refractivity contribution is 5.92. The number of aryl methyl sites for hydroxylation is 2. The summed E-state index contributed by atoms with van der Waals surface area (Å²) in [6.07, 6.45) is 5.43. The molecule has 20 heavy (non-hydrogen) atoms. The van der Waals surface area contributed by atoms with Gasteiger partial charge in [0.1, 0.15) is 0 Å². The van der Waals surface area contributed by atoms with Crippen molar-refractivity contribution in [2.75, 3.05) is 23.3 Å². The van der Waals surface area contributed by atoms with Gasteiger partial charge in [-0.05, 0) is 45.4 Å². The molecule has 0 atom stereocenters. The first-order valence-electron chi connectivity index (χ1n) is 7.53. The Morgan fingerprint density at radius 2 is 1.80 bits per heavy atom. The molecular formula is C15H22N4O. The molecule has 5 heteroatoms. The molecule has 2 fully saturated rings. The third-order valence-electron chi connectivity index (χ3n) is 4.08. The van der Waals surface area contributed by atoms with Gasteiger partial charge >= 0.3 is 0 Å². The molecule has 1 aromatic rings. The first-order valence-corrected chi connectivity index (χ1v) is 7.53. The van der Waals surface area contributed by atoms with Gasteiger partial charge in [0.05, 0.1) is 17.1 Å². The largest absolute Gasteiger partial charge is 0.341 e.